The summed E-state index contributed by atoms with van der Waals surface area (Å²) in [7, 11) is 1.72. The lowest BCUT2D eigenvalue weighted by Crippen LogP contribution is -2.46. The minimum atomic E-state index is -0.805. The fraction of sp³-hybridized carbons (Fsp3) is 0.579. The quantitative estimate of drug-likeness (QED) is 0.933. The molecular weight excluding hydrogens is 286 g/mol. The summed E-state index contributed by atoms with van der Waals surface area (Å²) in [5.74, 6) is 1.20. The largest absolute Gasteiger partial charge is 0.369 e. The zero-order valence-electron chi connectivity index (χ0n) is 14.6. The van der Waals surface area contributed by atoms with Crippen molar-refractivity contribution in [3.05, 3.63) is 34.9 Å². The fourth-order valence-corrected chi connectivity index (χ4v) is 3.81. The molecule has 1 aromatic rings. The first kappa shape index (κ1) is 16.0. The summed E-state index contributed by atoms with van der Waals surface area (Å²) >= 11 is 0. The van der Waals surface area contributed by atoms with Gasteiger partial charge in [0, 0.05) is 7.05 Å². The van der Waals surface area contributed by atoms with Crippen LogP contribution in [0, 0.1) is 11.8 Å². The number of hydrogen-bond donors (Lipinski definition) is 1. The second kappa shape index (κ2) is 5.66. The third kappa shape index (κ3) is 2.44. The molecule has 4 heteroatoms. The third-order valence-corrected chi connectivity index (χ3v) is 5.42. The SMILES string of the molecule is CC(C)CCc1ccc2c(c1)C1(N=C(N)N(C)C1=O)C(C)CC2. The Labute approximate surface area is 138 Å². The van der Waals surface area contributed by atoms with Gasteiger partial charge in [-0.25, -0.2) is 4.99 Å². The number of carbonyl (C=O) groups excluding carboxylic acids is 1. The Morgan fingerprint density at radius 3 is 2.78 bits per heavy atom. The van der Waals surface area contributed by atoms with Crippen molar-refractivity contribution >= 4 is 11.9 Å². The van der Waals surface area contributed by atoms with Gasteiger partial charge < -0.3 is 5.73 Å². The van der Waals surface area contributed by atoms with Crippen LogP contribution in [0.15, 0.2) is 23.2 Å². The molecule has 3 rings (SSSR count). The predicted molar refractivity (Wildman–Crippen MR) is 93.2 cm³/mol. The van der Waals surface area contributed by atoms with Crippen LogP contribution in [0.4, 0.5) is 0 Å². The van der Waals surface area contributed by atoms with Crippen molar-refractivity contribution in [3.63, 3.8) is 0 Å². The standard InChI is InChI=1S/C19H27N3O/c1-12(2)5-7-14-8-10-15-9-6-13(3)19(16(15)11-14)17(23)22(4)18(20)21-19/h8,10-13H,5-7,9H2,1-4H3,(H2,20,21). The first-order chi connectivity index (χ1) is 10.9. The topological polar surface area (TPSA) is 58.7 Å². The first-order valence-electron chi connectivity index (χ1n) is 8.62. The molecule has 1 aromatic carbocycles. The molecule has 0 bridgehead atoms. The number of hydrogen-bond acceptors (Lipinski definition) is 3. The summed E-state index contributed by atoms with van der Waals surface area (Å²) in [6.07, 6.45) is 4.17. The monoisotopic (exact) mass is 313 g/mol. The van der Waals surface area contributed by atoms with E-state index >= 15 is 0 Å². The summed E-state index contributed by atoms with van der Waals surface area (Å²) in [6, 6.07) is 6.61. The van der Waals surface area contributed by atoms with Gasteiger partial charge in [0.25, 0.3) is 5.91 Å². The number of carbonyl (C=O) groups is 1. The van der Waals surface area contributed by atoms with Crippen molar-refractivity contribution in [2.24, 2.45) is 22.6 Å². The number of likely N-dealkylation sites (N-methyl/N-ethyl adjacent to an activating group) is 1. The second-order valence-electron chi connectivity index (χ2n) is 7.46. The molecule has 0 fully saturated rings. The van der Waals surface area contributed by atoms with Gasteiger partial charge in [0.05, 0.1) is 0 Å². The molecule has 1 amide bonds. The van der Waals surface area contributed by atoms with E-state index < -0.39 is 5.54 Å². The van der Waals surface area contributed by atoms with E-state index in [2.05, 4.69) is 44.0 Å². The number of aryl methyl sites for hydroxylation is 2. The van der Waals surface area contributed by atoms with E-state index in [9.17, 15) is 4.79 Å². The highest BCUT2D eigenvalue weighted by atomic mass is 16.2. The van der Waals surface area contributed by atoms with Gasteiger partial charge in [0.2, 0.25) is 0 Å². The molecule has 1 spiro atoms. The molecule has 124 valence electrons. The third-order valence-electron chi connectivity index (χ3n) is 5.42. The molecule has 2 aliphatic rings. The number of rotatable bonds is 3. The lowest BCUT2D eigenvalue weighted by Gasteiger charge is -2.37. The molecule has 1 heterocycles. The molecule has 23 heavy (non-hydrogen) atoms. The van der Waals surface area contributed by atoms with E-state index in [1.54, 1.807) is 7.05 Å². The normalized spacial score (nSPS) is 26.8. The maximum absolute atomic E-state index is 13.0. The molecule has 2 N–H and O–H groups in total. The number of guanidine groups is 1. The molecule has 2 unspecified atom stereocenters. The highest BCUT2D eigenvalue weighted by Gasteiger charge is 2.54. The average Bonchev–Trinajstić information content (AvgIpc) is 2.75. The summed E-state index contributed by atoms with van der Waals surface area (Å²) in [5, 5.41) is 0. The second-order valence-corrected chi connectivity index (χ2v) is 7.46. The van der Waals surface area contributed by atoms with Crippen molar-refractivity contribution in [1.29, 1.82) is 0 Å². The lowest BCUT2D eigenvalue weighted by molar-refractivity contribution is -0.132. The number of aliphatic imine (C=N–C) groups is 1. The van der Waals surface area contributed by atoms with Crippen LogP contribution in [-0.2, 0) is 23.2 Å². The molecular formula is C19H27N3O. The van der Waals surface area contributed by atoms with Crippen LogP contribution in [0.2, 0.25) is 0 Å². The zero-order valence-corrected chi connectivity index (χ0v) is 14.6. The Morgan fingerprint density at radius 2 is 2.17 bits per heavy atom. The van der Waals surface area contributed by atoms with Gasteiger partial charge in [0.15, 0.2) is 11.5 Å². The van der Waals surface area contributed by atoms with E-state index in [0.29, 0.717) is 11.9 Å². The van der Waals surface area contributed by atoms with Crippen LogP contribution in [-0.4, -0.2) is 23.8 Å². The van der Waals surface area contributed by atoms with E-state index in [1.807, 2.05) is 0 Å². The van der Waals surface area contributed by atoms with Crippen molar-refractivity contribution in [2.45, 2.75) is 52.0 Å². The molecule has 0 aromatic heterocycles. The molecule has 4 nitrogen and oxygen atoms in total. The van der Waals surface area contributed by atoms with E-state index in [1.165, 1.54) is 16.0 Å². The van der Waals surface area contributed by atoms with Gasteiger partial charge in [0.1, 0.15) is 0 Å². The number of fused-ring (bicyclic) bond motifs is 2. The zero-order chi connectivity index (χ0) is 16.8. The van der Waals surface area contributed by atoms with E-state index in [0.717, 1.165) is 31.2 Å². The van der Waals surface area contributed by atoms with Crippen LogP contribution < -0.4 is 5.73 Å². The van der Waals surface area contributed by atoms with Crippen LogP contribution in [0.3, 0.4) is 0 Å². The Hall–Kier alpha value is -1.84. The van der Waals surface area contributed by atoms with Crippen molar-refractivity contribution in [2.75, 3.05) is 7.05 Å². The molecule has 0 radical (unpaired) electrons. The van der Waals surface area contributed by atoms with Crippen LogP contribution >= 0.6 is 0 Å². The Bertz CT molecular complexity index is 665. The van der Waals surface area contributed by atoms with Crippen LogP contribution in [0.1, 0.15) is 50.3 Å². The highest BCUT2D eigenvalue weighted by molar-refractivity contribution is 6.07. The highest BCUT2D eigenvalue weighted by Crippen LogP contribution is 2.46. The summed E-state index contributed by atoms with van der Waals surface area (Å²) in [6.45, 7) is 6.60. The first-order valence-corrected chi connectivity index (χ1v) is 8.62. The minimum Gasteiger partial charge on any atom is -0.369 e. The van der Waals surface area contributed by atoms with Gasteiger partial charge in [-0.2, -0.15) is 0 Å². The fourth-order valence-electron chi connectivity index (χ4n) is 3.81. The lowest BCUT2D eigenvalue weighted by atomic mass is 9.69. The maximum Gasteiger partial charge on any atom is 0.261 e. The van der Waals surface area contributed by atoms with Gasteiger partial charge in [-0.1, -0.05) is 39.0 Å². The minimum absolute atomic E-state index is 0.0180. The predicted octanol–water partition coefficient (Wildman–Crippen LogP) is 2.84. The van der Waals surface area contributed by atoms with Gasteiger partial charge in [-0.05, 0) is 54.2 Å². The van der Waals surface area contributed by atoms with Gasteiger partial charge in [-0.3, -0.25) is 9.69 Å². The Balaban J connectivity index is 2.07. The summed E-state index contributed by atoms with van der Waals surface area (Å²) < 4.78 is 0. The molecule has 0 saturated carbocycles. The number of benzene rings is 1. The van der Waals surface area contributed by atoms with Crippen LogP contribution in [0.5, 0.6) is 0 Å². The molecule has 1 aliphatic carbocycles. The summed E-state index contributed by atoms with van der Waals surface area (Å²) in [5.41, 5.74) is 8.80. The van der Waals surface area contributed by atoms with Crippen LogP contribution in [0.25, 0.3) is 0 Å². The summed E-state index contributed by atoms with van der Waals surface area (Å²) in [4.78, 5) is 19.2. The number of amides is 1. The van der Waals surface area contributed by atoms with Crippen molar-refractivity contribution in [3.8, 4) is 0 Å². The molecule has 0 saturated heterocycles. The van der Waals surface area contributed by atoms with Crippen molar-refractivity contribution in [1.82, 2.24) is 4.90 Å². The van der Waals surface area contributed by atoms with E-state index in [-0.39, 0.29) is 11.8 Å². The maximum atomic E-state index is 13.0. The van der Waals surface area contributed by atoms with Crippen molar-refractivity contribution < 1.29 is 4.79 Å². The van der Waals surface area contributed by atoms with Gasteiger partial charge in [-0.15, -0.1) is 0 Å². The Morgan fingerprint density at radius 1 is 1.43 bits per heavy atom. The molecule has 1 aliphatic heterocycles. The van der Waals surface area contributed by atoms with Gasteiger partial charge >= 0.3 is 0 Å². The number of nitrogens with two attached hydrogens (primary N) is 1. The number of nitrogens with zero attached hydrogens (tertiary/aromatic N) is 2. The smallest absolute Gasteiger partial charge is 0.261 e. The average molecular weight is 313 g/mol. The Kier molecular flexibility index (Phi) is 3.95. The molecule has 2 atom stereocenters. The van der Waals surface area contributed by atoms with E-state index in [4.69, 9.17) is 5.73 Å².